The molecule has 0 saturated carbocycles. The molecule has 0 aromatic heterocycles. The normalized spacial score (nSPS) is 12.8. The van der Waals surface area contributed by atoms with E-state index in [-0.39, 0.29) is 24.9 Å². The number of benzene rings is 4. The summed E-state index contributed by atoms with van der Waals surface area (Å²) >= 11 is 0. The highest BCUT2D eigenvalue weighted by Crippen LogP contribution is 2.44. The molecule has 1 unspecified atom stereocenters. The molecule has 0 radical (unpaired) electrons. The molecule has 10 heteroatoms. The van der Waals surface area contributed by atoms with Gasteiger partial charge in [0.05, 0.1) is 31.4 Å². The average Bonchev–Trinajstić information content (AvgIpc) is 3.53. The fourth-order valence-electron chi connectivity index (χ4n) is 7.41. The number of ether oxygens (including phenoxy) is 4. The summed E-state index contributed by atoms with van der Waals surface area (Å²) in [6.07, 6.45) is 1.07. The fraction of sp³-hybridized carbons (Fsp3) is 0.458. The highest BCUT2D eigenvalue weighted by Gasteiger charge is 2.30. The first-order chi connectivity index (χ1) is 28.0. The van der Waals surface area contributed by atoms with E-state index in [0.717, 1.165) is 74.4 Å². The van der Waals surface area contributed by atoms with Crippen LogP contribution in [0.3, 0.4) is 0 Å². The molecule has 1 atom stereocenters. The Bertz CT molecular complexity index is 1870. The third-order valence-electron chi connectivity index (χ3n) is 10.5. The minimum atomic E-state index is -0.717. The van der Waals surface area contributed by atoms with Crippen molar-refractivity contribution < 1.29 is 28.5 Å². The van der Waals surface area contributed by atoms with Gasteiger partial charge in [-0.2, -0.15) is 0 Å². The Hall–Kier alpha value is -5.06. The zero-order chi connectivity index (χ0) is 41.5. The number of fused-ring (bicyclic) bond motifs is 3. The van der Waals surface area contributed by atoms with Gasteiger partial charge in [-0.15, -0.1) is 0 Å². The predicted octanol–water partition coefficient (Wildman–Crippen LogP) is 9.69. The molecule has 312 valence electrons. The van der Waals surface area contributed by atoms with Crippen LogP contribution in [0, 0.1) is 0 Å². The van der Waals surface area contributed by atoms with E-state index in [1.165, 1.54) is 0 Å². The molecule has 5 rings (SSSR count). The van der Waals surface area contributed by atoms with Crippen LogP contribution < -0.4 is 24.8 Å². The fourth-order valence-corrected chi connectivity index (χ4v) is 7.41. The van der Waals surface area contributed by atoms with Gasteiger partial charge in [-0.3, -0.25) is 4.79 Å². The number of anilines is 1. The Morgan fingerprint density at radius 3 is 1.91 bits per heavy atom. The van der Waals surface area contributed by atoms with Crippen molar-refractivity contribution in [2.45, 2.75) is 85.3 Å². The first-order valence-electron chi connectivity index (χ1n) is 21.1. The van der Waals surface area contributed by atoms with Crippen LogP contribution in [-0.2, 0) is 9.53 Å². The number of nitrogens with zero attached hydrogens (tertiary/aromatic N) is 2. The van der Waals surface area contributed by atoms with Crippen molar-refractivity contribution in [1.82, 2.24) is 15.1 Å². The standard InChI is InChI=1S/C48H64N4O6/c1-8-51(9-2)27-17-29-55-36-25-26-43(45(32-36)56-30-18-28-52(10-3)11-4)49-46(53)33-44(35-19-16-20-37(31-35)58-48(5,6)7)50-47(54)57-34-42-40-23-14-12-21-38(40)39-22-13-15-24-41(39)42/h12-16,19-26,31-32,42,44H,8-11,17-18,27-30,33-34H2,1-7H3,(H,49,53)(H,50,54). The molecule has 10 nitrogen and oxygen atoms in total. The molecule has 4 aromatic carbocycles. The monoisotopic (exact) mass is 792 g/mol. The molecule has 0 fully saturated rings. The van der Waals surface area contributed by atoms with Crippen LogP contribution in [0.1, 0.15) is 96.4 Å². The zero-order valence-corrected chi connectivity index (χ0v) is 35.6. The van der Waals surface area contributed by atoms with Gasteiger partial charge in [-0.25, -0.2) is 4.79 Å². The minimum absolute atomic E-state index is 0.0613. The van der Waals surface area contributed by atoms with E-state index in [0.29, 0.717) is 41.7 Å². The Kier molecular flexibility index (Phi) is 16.4. The van der Waals surface area contributed by atoms with Crippen LogP contribution in [-0.4, -0.2) is 86.5 Å². The van der Waals surface area contributed by atoms with E-state index in [1.54, 1.807) is 0 Å². The molecule has 2 amide bonds. The maximum atomic E-state index is 14.0. The molecule has 4 aromatic rings. The summed E-state index contributed by atoms with van der Waals surface area (Å²) in [5, 5.41) is 6.08. The first kappa shape index (κ1) is 44.1. The van der Waals surface area contributed by atoms with Crippen LogP contribution in [0.15, 0.2) is 91.0 Å². The second kappa shape index (κ2) is 21.6. The molecule has 1 aliphatic carbocycles. The van der Waals surface area contributed by atoms with Gasteiger partial charge in [0.1, 0.15) is 29.5 Å². The number of hydrogen-bond donors (Lipinski definition) is 2. The number of alkyl carbamates (subject to hydrolysis) is 1. The number of carbonyl (C=O) groups is 2. The second-order valence-electron chi connectivity index (χ2n) is 15.7. The van der Waals surface area contributed by atoms with Crippen LogP contribution in [0.4, 0.5) is 10.5 Å². The lowest BCUT2D eigenvalue weighted by Crippen LogP contribution is -2.33. The highest BCUT2D eigenvalue weighted by atomic mass is 16.5. The number of amides is 2. The smallest absolute Gasteiger partial charge is 0.407 e. The maximum absolute atomic E-state index is 14.0. The van der Waals surface area contributed by atoms with Crippen LogP contribution in [0.25, 0.3) is 11.1 Å². The van der Waals surface area contributed by atoms with E-state index >= 15 is 0 Å². The van der Waals surface area contributed by atoms with Crippen molar-refractivity contribution in [2.24, 2.45) is 0 Å². The van der Waals surface area contributed by atoms with Crippen molar-refractivity contribution in [3.63, 3.8) is 0 Å². The van der Waals surface area contributed by atoms with Crippen molar-refractivity contribution >= 4 is 17.7 Å². The van der Waals surface area contributed by atoms with Crippen molar-refractivity contribution in [3.8, 4) is 28.4 Å². The molecule has 58 heavy (non-hydrogen) atoms. The number of carbonyl (C=O) groups excluding carboxylic acids is 2. The summed E-state index contributed by atoms with van der Waals surface area (Å²) in [7, 11) is 0. The summed E-state index contributed by atoms with van der Waals surface area (Å²) in [5.41, 5.74) is 5.37. The SMILES string of the molecule is CCN(CC)CCCOc1ccc(NC(=O)CC(NC(=O)OCC2c3ccccc3-c3ccccc32)c2cccc(OC(C)(C)C)c2)c(OCCCN(CC)CC)c1. The number of nitrogens with one attached hydrogen (secondary N) is 2. The van der Waals surface area contributed by atoms with Crippen molar-refractivity contribution in [3.05, 3.63) is 108 Å². The highest BCUT2D eigenvalue weighted by molar-refractivity contribution is 5.93. The molecule has 0 heterocycles. The molecule has 0 bridgehead atoms. The van der Waals surface area contributed by atoms with Gasteiger partial charge in [0, 0.05) is 25.1 Å². The zero-order valence-electron chi connectivity index (χ0n) is 35.6. The third-order valence-corrected chi connectivity index (χ3v) is 10.5. The quantitative estimate of drug-likeness (QED) is 0.0760. The van der Waals surface area contributed by atoms with Gasteiger partial charge in [0.25, 0.3) is 0 Å². The lowest BCUT2D eigenvalue weighted by Gasteiger charge is -2.24. The van der Waals surface area contributed by atoms with Crippen LogP contribution in [0.5, 0.6) is 17.2 Å². The number of rotatable bonds is 22. The minimum Gasteiger partial charge on any atom is -0.493 e. The first-order valence-corrected chi connectivity index (χ1v) is 21.1. The maximum Gasteiger partial charge on any atom is 0.407 e. The second-order valence-corrected chi connectivity index (χ2v) is 15.7. The Morgan fingerprint density at radius 2 is 1.31 bits per heavy atom. The van der Waals surface area contributed by atoms with E-state index in [9.17, 15) is 9.59 Å². The van der Waals surface area contributed by atoms with Gasteiger partial charge in [0.2, 0.25) is 5.91 Å². The Balaban J connectivity index is 1.31. The summed E-state index contributed by atoms with van der Waals surface area (Å²) in [6, 6.07) is 28.8. The van der Waals surface area contributed by atoms with Gasteiger partial charge < -0.3 is 39.4 Å². The number of hydrogen-bond acceptors (Lipinski definition) is 8. The van der Waals surface area contributed by atoms with Gasteiger partial charge in [-0.1, -0.05) is 88.4 Å². The van der Waals surface area contributed by atoms with E-state index in [1.807, 2.05) is 87.5 Å². The molecule has 1 aliphatic rings. The molecular formula is C48H64N4O6. The van der Waals surface area contributed by atoms with Crippen molar-refractivity contribution in [1.29, 1.82) is 0 Å². The molecular weight excluding hydrogens is 729 g/mol. The lowest BCUT2D eigenvalue weighted by atomic mass is 9.98. The van der Waals surface area contributed by atoms with Crippen LogP contribution in [0.2, 0.25) is 0 Å². The average molecular weight is 793 g/mol. The molecule has 0 saturated heterocycles. The Morgan fingerprint density at radius 1 is 0.707 bits per heavy atom. The summed E-state index contributed by atoms with van der Waals surface area (Å²) in [5.74, 6) is 1.46. The largest absolute Gasteiger partial charge is 0.493 e. The summed E-state index contributed by atoms with van der Waals surface area (Å²) in [6.45, 7) is 21.6. The van der Waals surface area contributed by atoms with Gasteiger partial charge in [-0.05, 0) is 112 Å². The lowest BCUT2D eigenvalue weighted by molar-refractivity contribution is -0.116. The Labute approximate surface area is 346 Å². The van der Waals surface area contributed by atoms with E-state index < -0.39 is 17.7 Å². The topological polar surface area (TPSA) is 102 Å². The predicted molar refractivity (Wildman–Crippen MR) is 233 cm³/mol. The summed E-state index contributed by atoms with van der Waals surface area (Å²) < 4.78 is 24.5. The molecule has 0 aliphatic heterocycles. The van der Waals surface area contributed by atoms with E-state index in [4.69, 9.17) is 18.9 Å². The van der Waals surface area contributed by atoms with Gasteiger partial charge >= 0.3 is 6.09 Å². The molecule has 2 N–H and O–H groups in total. The molecule has 0 spiro atoms. The summed E-state index contributed by atoms with van der Waals surface area (Å²) in [4.78, 5) is 32.3. The van der Waals surface area contributed by atoms with Crippen molar-refractivity contribution in [2.75, 3.05) is 64.4 Å². The van der Waals surface area contributed by atoms with Gasteiger partial charge in [0.15, 0.2) is 0 Å². The van der Waals surface area contributed by atoms with E-state index in [2.05, 4.69) is 72.4 Å². The third kappa shape index (κ3) is 12.7. The van der Waals surface area contributed by atoms with Crippen LogP contribution >= 0.6 is 0 Å².